The molecule has 0 heterocycles. The van der Waals surface area contributed by atoms with Crippen molar-refractivity contribution in [3.63, 3.8) is 0 Å². The Balaban J connectivity index is 1.54. The number of hydrogen-bond donors (Lipinski definition) is 1. The second-order valence-electron chi connectivity index (χ2n) is 7.67. The molecule has 1 fully saturated rings. The number of amides is 2. The quantitative estimate of drug-likeness (QED) is 0.772. The Hall–Kier alpha value is -2.88. The number of carbonyl (C=O) groups excluding carboxylic acids is 2. The Labute approximate surface area is 166 Å². The van der Waals surface area contributed by atoms with E-state index in [9.17, 15) is 9.59 Å². The van der Waals surface area contributed by atoms with Gasteiger partial charge >= 0.3 is 0 Å². The molecule has 0 aliphatic heterocycles. The third kappa shape index (κ3) is 3.86. The number of aryl methyl sites for hydroxylation is 1. The Morgan fingerprint density at radius 3 is 2.54 bits per heavy atom. The van der Waals surface area contributed by atoms with Crippen LogP contribution in [0.15, 0.2) is 61.2 Å². The predicted octanol–water partition coefficient (Wildman–Crippen LogP) is 4.17. The van der Waals surface area contributed by atoms with Crippen LogP contribution in [0.4, 0.5) is 0 Å². The summed E-state index contributed by atoms with van der Waals surface area (Å²) in [6.45, 7) is 3.88. The van der Waals surface area contributed by atoms with Crippen LogP contribution < -0.4 is 5.32 Å². The first-order valence-electron chi connectivity index (χ1n) is 10.1. The number of fused-ring (bicyclic) bond motifs is 1. The molecule has 2 aliphatic rings. The van der Waals surface area contributed by atoms with Crippen molar-refractivity contribution in [3.8, 4) is 0 Å². The molecular formula is C24H26N2O2. The topological polar surface area (TPSA) is 49.4 Å². The first-order valence-corrected chi connectivity index (χ1v) is 10.1. The van der Waals surface area contributed by atoms with Crippen LogP contribution in [0.1, 0.15) is 58.8 Å². The van der Waals surface area contributed by atoms with Gasteiger partial charge in [0.25, 0.3) is 5.91 Å². The van der Waals surface area contributed by atoms with Gasteiger partial charge in [-0.1, -0.05) is 43.0 Å². The van der Waals surface area contributed by atoms with E-state index in [0.29, 0.717) is 18.2 Å². The molecule has 144 valence electrons. The van der Waals surface area contributed by atoms with Crippen LogP contribution in [0.2, 0.25) is 0 Å². The van der Waals surface area contributed by atoms with Crippen LogP contribution in [0.25, 0.3) is 0 Å². The lowest BCUT2D eigenvalue weighted by molar-refractivity contribution is -0.116. The largest absolute Gasteiger partial charge is 0.348 e. The minimum atomic E-state index is -0.198. The second kappa shape index (κ2) is 8.01. The molecule has 0 bridgehead atoms. The summed E-state index contributed by atoms with van der Waals surface area (Å²) in [5.74, 6) is -0.0816. The van der Waals surface area contributed by atoms with E-state index in [1.54, 1.807) is 0 Å². The zero-order valence-electron chi connectivity index (χ0n) is 16.1. The summed E-state index contributed by atoms with van der Waals surface area (Å²) < 4.78 is 0. The molecule has 4 nitrogen and oxygen atoms in total. The van der Waals surface area contributed by atoms with Crippen LogP contribution in [-0.2, 0) is 17.8 Å². The van der Waals surface area contributed by atoms with Crippen molar-refractivity contribution in [2.45, 2.75) is 50.7 Å². The van der Waals surface area contributed by atoms with Crippen molar-refractivity contribution in [1.82, 2.24) is 10.2 Å². The van der Waals surface area contributed by atoms with Gasteiger partial charge in [-0.15, -0.1) is 0 Å². The summed E-state index contributed by atoms with van der Waals surface area (Å²) in [5, 5.41) is 2.76. The smallest absolute Gasteiger partial charge is 0.254 e. The molecule has 1 N–H and O–H groups in total. The molecule has 0 radical (unpaired) electrons. The summed E-state index contributed by atoms with van der Waals surface area (Å²) in [6, 6.07) is 16.7. The summed E-state index contributed by atoms with van der Waals surface area (Å²) >= 11 is 0. The van der Waals surface area contributed by atoms with Gasteiger partial charge in [-0.25, -0.2) is 0 Å². The van der Waals surface area contributed by atoms with E-state index in [1.807, 2.05) is 24.3 Å². The highest BCUT2D eigenvalue weighted by molar-refractivity contribution is 5.95. The second-order valence-corrected chi connectivity index (χ2v) is 7.67. The molecule has 1 atom stereocenters. The molecule has 28 heavy (non-hydrogen) atoms. The maximum absolute atomic E-state index is 13.4. The van der Waals surface area contributed by atoms with E-state index < -0.39 is 0 Å². The first-order chi connectivity index (χ1) is 13.7. The van der Waals surface area contributed by atoms with E-state index in [0.717, 1.165) is 37.7 Å². The number of nitrogens with zero attached hydrogens (tertiary/aromatic N) is 1. The fourth-order valence-corrected chi connectivity index (χ4v) is 4.11. The fraction of sp³-hybridized carbons (Fsp3) is 0.333. The van der Waals surface area contributed by atoms with E-state index in [4.69, 9.17) is 0 Å². The third-order valence-corrected chi connectivity index (χ3v) is 5.70. The SMILES string of the molecule is C=CC(=O)NCc1ccc(C(=O)N(C2CC2)C2CCCc3ccccc32)cc1. The summed E-state index contributed by atoms with van der Waals surface area (Å²) in [4.78, 5) is 26.9. The number of nitrogens with one attached hydrogen (secondary N) is 1. The van der Waals surface area contributed by atoms with Gasteiger partial charge in [-0.05, 0) is 67.0 Å². The van der Waals surface area contributed by atoms with Crippen LogP contribution in [0.5, 0.6) is 0 Å². The Morgan fingerprint density at radius 2 is 1.82 bits per heavy atom. The fourth-order valence-electron chi connectivity index (χ4n) is 4.11. The van der Waals surface area contributed by atoms with Crippen molar-refractivity contribution < 1.29 is 9.59 Å². The Kier molecular flexibility index (Phi) is 5.29. The molecule has 2 amide bonds. The first kappa shape index (κ1) is 18.5. The molecule has 0 spiro atoms. The Bertz CT molecular complexity index is 884. The minimum Gasteiger partial charge on any atom is -0.348 e. The van der Waals surface area contributed by atoms with Crippen molar-refractivity contribution in [1.29, 1.82) is 0 Å². The Morgan fingerprint density at radius 1 is 1.07 bits per heavy atom. The standard InChI is InChI=1S/C24H26N2O2/c1-2-23(27)25-16-17-10-12-19(13-11-17)24(28)26(20-14-15-20)22-9-5-7-18-6-3-4-8-21(18)22/h2-4,6,8,10-13,20,22H,1,5,7,9,14-16H2,(H,25,27). The highest BCUT2D eigenvalue weighted by Crippen LogP contribution is 2.41. The molecule has 2 aromatic rings. The maximum Gasteiger partial charge on any atom is 0.254 e. The molecule has 0 aromatic heterocycles. The summed E-state index contributed by atoms with van der Waals surface area (Å²) in [6.07, 6.45) is 6.70. The molecule has 1 unspecified atom stereocenters. The van der Waals surface area contributed by atoms with Crippen molar-refractivity contribution in [3.05, 3.63) is 83.4 Å². The van der Waals surface area contributed by atoms with Gasteiger partial charge in [0.1, 0.15) is 0 Å². The van der Waals surface area contributed by atoms with Gasteiger partial charge in [0.15, 0.2) is 0 Å². The van der Waals surface area contributed by atoms with Gasteiger partial charge in [-0.3, -0.25) is 9.59 Å². The number of carbonyl (C=O) groups is 2. The van der Waals surface area contributed by atoms with Crippen molar-refractivity contribution in [2.24, 2.45) is 0 Å². The van der Waals surface area contributed by atoms with Gasteiger partial charge in [-0.2, -0.15) is 0 Å². The van der Waals surface area contributed by atoms with Crippen LogP contribution in [0, 0.1) is 0 Å². The lowest BCUT2D eigenvalue weighted by Gasteiger charge is -2.36. The van der Waals surface area contributed by atoms with Crippen LogP contribution in [-0.4, -0.2) is 22.8 Å². The monoisotopic (exact) mass is 374 g/mol. The van der Waals surface area contributed by atoms with E-state index in [1.165, 1.54) is 17.2 Å². The molecule has 4 heteroatoms. The van der Waals surface area contributed by atoms with Crippen LogP contribution >= 0.6 is 0 Å². The number of benzene rings is 2. The lowest BCUT2D eigenvalue weighted by atomic mass is 9.86. The normalized spacial score (nSPS) is 18.1. The summed E-state index contributed by atoms with van der Waals surface area (Å²) in [5.41, 5.74) is 4.38. The average molecular weight is 374 g/mol. The number of rotatable bonds is 6. The molecular weight excluding hydrogens is 348 g/mol. The zero-order chi connectivity index (χ0) is 19.5. The maximum atomic E-state index is 13.4. The van der Waals surface area contributed by atoms with E-state index >= 15 is 0 Å². The van der Waals surface area contributed by atoms with Gasteiger partial charge in [0.2, 0.25) is 5.91 Å². The summed E-state index contributed by atoms with van der Waals surface area (Å²) in [7, 11) is 0. The molecule has 1 saturated carbocycles. The van der Waals surface area contributed by atoms with Gasteiger partial charge < -0.3 is 10.2 Å². The van der Waals surface area contributed by atoms with E-state index in [2.05, 4.69) is 41.1 Å². The average Bonchev–Trinajstić information content (AvgIpc) is 3.57. The van der Waals surface area contributed by atoms with Crippen molar-refractivity contribution >= 4 is 11.8 Å². The highest BCUT2D eigenvalue weighted by atomic mass is 16.2. The molecule has 4 rings (SSSR count). The molecule has 2 aliphatic carbocycles. The lowest BCUT2D eigenvalue weighted by Crippen LogP contribution is -2.38. The van der Waals surface area contributed by atoms with Gasteiger partial charge in [0, 0.05) is 18.2 Å². The highest BCUT2D eigenvalue weighted by Gasteiger charge is 2.39. The van der Waals surface area contributed by atoms with E-state index in [-0.39, 0.29) is 17.9 Å². The number of hydrogen-bond acceptors (Lipinski definition) is 2. The zero-order valence-corrected chi connectivity index (χ0v) is 16.1. The van der Waals surface area contributed by atoms with Crippen molar-refractivity contribution in [2.75, 3.05) is 0 Å². The molecule has 2 aromatic carbocycles. The predicted molar refractivity (Wildman–Crippen MR) is 110 cm³/mol. The minimum absolute atomic E-state index is 0.117. The van der Waals surface area contributed by atoms with Crippen LogP contribution in [0.3, 0.4) is 0 Å². The molecule has 0 saturated heterocycles. The van der Waals surface area contributed by atoms with Gasteiger partial charge in [0.05, 0.1) is 6.04 Å². The third-order valence-electron chi connectivity index (χ3n) is 5.70.